The Morgan fingerprint density at radius 1 is 1.67 bits per heavy atom. The highest BCUT2D eigenvalue weighted by molar-refractivity contribution is 5.66. The summed E-state index contributed by atoms with van der Waals surface area (Å²) in [4.78, 5) is 21.0. The van der Waals surface area contributed by atoms with Crippen LogP contribution in [0, 0.1) is 10.1 Å². The average Bonchev–Trinajstić information content (AvgIpc) is 2.78. The molecule has 0 spiro atoms. The number of alkyl carbamates (subject to hydrolysis) is 1. The van der Waals surface area contributed by atoms with E-state index < -0.39 is 11.0 Å². The first-order valence-electron chi connectivity index (χ1n) is 5.71. The van der Waals surface area contributed by atoms with Crippen LogP contribution in [0.25, 0.3) is 0 Å². The van der Waals surface area contributed by atoms with E-state index in [-0.39, 0.29) is 5.69 Å². The maximum atomic E-state index is 11.2. The summed E-state index contributed by atoms with van der Waals surface area (Å²) in [5.41, 5.74) is -0.0690. The molecule has 100 valence electrons. The van der Waals surface area contributed by atoms with Crippen LogP contribution in [-0.4, -0.2) is 33.9 Å². The molecule has 1 rings (SSSR count). The number of nitrogens with one attached hydrogen (secondary N) is 1. The zero-order valence-electron chi connectivity index (χ0n) is 10.2. The van der Waals surface area contributed by atoms with Crippen LogP contribution in [0.15, 0.2) is 12.4 Å². The Hall–Kier alpha value is -2.12. The van der Waals surface area contributed by atoms with E-state index in [0.717, 1.165) is 12.8 Å². The van der Waals surface area contributed by atoms with Crippen LogP contribution >= 0.6 is 0 Å². The summed E-state index contributed by atoms with van der Waals surface area (Å²) in [6.07, 6.45) is 3.79. The Balaban J connectivity index is 2.20. The average molecular weight is 256 g/mol. The molecular weight excluding hydrogens is 240 g/mol. The maximum absolute atomic E-state index is 11.2. The highest BCUT2D eigenvalue weighted by atomic mass is 16.6. The monoisotopic (exact) mass is 256 g/mol. The molecular formula is C10H16N4O4. The predicted molar refractivity (Wildman–Crippen MR) is 63.1 cm³/mol. The summed E-state index contributed by atoms with van der Waals surface area (Å²) in [6, 6.07) is 0. The van der Waals surface area contributed by atoms with Gasteiger partial charge in [0.25, 0.3) is 0 Å². The van der Waals surface area contributed by atoms with Gasteiger partial charge in [0.05, 0.1) is 18.1 Å². The smallest absolute Gasteiger partial charge is 0.407 e. The number of amides is 1. The highest BCUT2D eigenvalue weighted by Crippen LogP contribution is 2.06. The largest absolute Gasteiger partial charge is 0.450 e. The first kappa shape index (κ1) is 13.9. The van der Waals surface area contributed by atoms with Gasteiger partial charge < -0.3 is 10.1 Å². The van der Waals surface area contributed by atoms with E-state index in [4.69, 9.17) is 4.74 Å². The fourth-order valence-electron chi connectivity index (χ4n) is 1.20. The van der Waals surface area contributed by atoms with Crippen LogP contribution in [0.3, 0.4) is 0 Å². The molecule has 1 aromatic rings. The van der Waals surface area contributed by atoms with Gasteiger partial charge in [-0.1, -0.05) is 13.3 Å². The molecule has 0 fully saturated rings. The maximum Gasteiger partial charge on any atom is 0.407 e. The van der Waals surface area contributed by atoms with E-state index in [0.29, 0.717) is 19.7 Å². The van der Waals surface area contributed by atoms with Gasteiger partial charge in [0.1, 0.15) is 12.4 Å². The lowest BCUT2D eigenvalue weighted by Gasteiger charge is -2.06. The van der Waals surface area contributed by atoms with Crippen molar-refractivity contribution in [3.05, 3.63) is 22.5 Å². The van der Waals surface area contributed by atoms with Crippen molar-refractivity contribution in [2.75, 3.05) is 13.2 Å². The summed E-state index contributed by atoms with van der Waals surface area (Å²) >= 11 is 0. The quantitative estimate of drug-likeness (QED) is 0.450. The van der Waals surface area contributed by atoms with Crippen LogP contribution in [0.4, 0.5) is 10.5 Å². The minimum absolute atomic E-state index is 0.0690. The molecule has 0 bridgehead atoms. The molecule has 1 N–H and O–H groups in total. The Morgan fingerprint density at radius 2 is 2.44 bits per heavy atom. The second kappa shape index (κ2) is 7.25. The van der Waals surface area contributed by atoms with Crippen molar-refractivity contribution in [3.8, 4) is 0 Å². The molecule has 0 saturated carbocycles. The van der Waals surface area contributed by atoms with E-state index in [1.807, 2.05) is 6.92 Å². The summed E-state index contributed by atoms with van der Waals surface area (Å²) in [6.45, 7) is 3.07. The van der Waals surface area contributed by atoms with Gasteiger partial charge in [-0.2, -0.15) is 5.10 Å². The highest BCUT2D eigenvalue weighted by Gasteiger charge is 2.08. The van der Waals surface area contributed by atoms with Gasteiger partial charge in [0.15, 0.2) is 0 Å². The summed E-state index contributed by atoms with van der Waals surface area (Å²) in [7, 11) is 0. The predicted octanol–water partition coefficient (Wildman–Crippen LogP) is 1.32. The number of ether oxygens (including phenoxy) is 1. The first-order valence-corrected chi connectivity index (χ1v) is 5.71. The minimum Gasteiger partial charge on any atom is -0.450 e. The number of nitrogens with zero attached hydrogens (tertiary/aromatic N) is 3. The van der Waals surface area contributed by atoms with Crippen molar-refractivity contribution in [2.24, 2.45) is 0 Å². The molecule has 0 aliphatic heterocycles. The second-order valence-electron chi connectivity index (χ2n) is 3.63. The Labute approximate surface area is 104 Å². The molecule has 1 aromatic heterocycles. The molecule has 0 saturated heterocycles. The van der Waals surface area contributed by atoms with E-state index in [1.165, 1.54) is 17.1 Å². The number of unbranched alkanes of at least 4 members (excludes halogenated alkanes) is 1. The Bertz CT molecular complexity index is 404. The molecule has 0 radical (unpaired) electrons. The molecule has 0 unspecified atom stereocenters. The molecule has 8 nitrogen and oxygen atoms in total. The van der Waals surface area contributed by atoms with Crippen LogP contribution in [0.1, 0.15) is 19.8 Å². The van der Waals surface area contributed by atoms with Crippen molar-refractivity contribution in [1.82, 2.24) is 15.1 Å². The SMILES string of the molecule is CCCCOC(=O)NCCn1cc([N+](=O)[O-])cn1. The standard InChI is InChI=1S/C10H16N4O4/c1-2-3-6-18-10(15)11-4-5-13-8-9(7-12-13)14(16)17/h7-8H,2-6H2,1H3,(H,11,15). The molecule has 0 atom stereocenters. The Kier molecular flexibility index (Phi) is 5.62. The molecule has 1 amide bonds. The number of hydrogen-bond donors (Lipinski definition) is 1. The van der Waals surface area contributed by atoms with Crippen LogP contribution in [0.5, 0.6) is 0 Å². The fraction of sp³-hybridized carbons (Fsp3) is 0.600. The van der Waals surface area contributed by atoms with E-state index in [2.05, 4.69) is 10.4 Å². The lowest BCUT2D eigenvalue weighted by atomic mass is 10.4. The molecule has 0 aromatic carbocycles. The van der Waals surface area contributed by atoms with Gasteiger partial charge in [-0.3, -0.25) is 14.8 Å². The number of aromatic nitrogens is 2. The van der Waals surface area contributed by atoms with Crippen molar-refractivity contribution in [2.45, 2.75) is 26.3 Å². The molecule has 8 heteroatoms. The number of carbonyl (C=O) groups excluding carboxylic acids is 1. The lowest BCUT2D eigenvalue weighted by Crippen LogP contribution is -2.28. The molecule has 1 heterocycles. The van der Waals surface area contributed by atoms with Crippen molar-refractivity contribution in [3.63, 3.8) is 0 Å². The number of nitro groups is 1. The molecule has 0 aliphatic carbocycles. The van der Waals surface area contributed by atoms with Gasteiger partial charge in [0.2, 0.25) is 0 Å². The first-order chi connectivity index (χ1) is 8.63. The molecule has 18 heavy (non-hydrogen) atoms. The van der Waals surface area contributed by atoms with Gasteiger partial charge in [0, 0.05) is 6.54 Å². The third-order valence-electron chi connectivity index (χ3n) is 2.17. The van der Waals surface area contributed by atoms with Crippen molar-refractivity contribution >= 4 is 11.8 Å². The van der Waals surface area contributed by atoms with E-state index in [9.17, 15) is 14.9 Å². The summed E-state index contributed by atoms with van der Waals surface area (Å²) in [5, 5.41) is 16.7. The summed E-state index contributed by atoms with van der Waals surface area (Å²) in [5.74, 6) is 0. The number of carbonyl (C=O) groups is 1. The van der Waals surface area contributed by atoms with E-state index >= 15 is 0 Å². The normalized spacial score (nSPS) is 10.1. The van der Waals surface area contributed by atoms with Gasteiger partial charge in [-0.15, -0.1) is 0 Å². The van der Waals surface area contributed by atoms with Gasteiger partial charge >= 0.3 is 11.8 Å². The van der Waals surface area contributed by atoms with Crippen molar-refractivity contribution < 1.29 is 14.5 Å². The fourth-order valence-corrected chi connectivity index (χ4v) is 1.20. The minimum atomic E-state index is -0.518. The third kappa shape index (κ3) is 4.81. The number of rotatable bonds is 7. The van der Waals surface area contributed by atoms with Gasteiger partial charge in [-0.05, 0) is 6.42 Å². The van der Waals surface area contributed by atoms with Crippen molar-refractivity contribution in [1.29, 1.82) is 0 Å². The van der Waals surface area contributed by atoms with Crippen LogP contribution in [0.2, 0.25) is 0 Å². The second-order valence-corrected chi connectivity index (χ2v) is 3.63. The topological polar surface area (TPSA) is 99.3 Å². The molecule has 0 aliphatic rings. The lowest BCUT2D eigenvalue weighted by molar-refractivity contribution is -0.385. The van der Waals surface area contributed by atoms with E-state index in [1.54, 1.807) is 0 Å². The van der Waals surface area contributed by atoms with Crippen LogP contribution in [-0.2, 0) is 11.3 Å². The van der Waals surface area contributed by atoms with Crippen LogP contribution < -0.4 is 5.32 Å². The third-order valence-corrected chi connectivity index (χ3v) is 2.17. The summed E-state index contributed by atoms with van der Waals surface area (Å²) < 4.78 is 6.27. The zero-order valence-corrected chi connectivity index (χ0v) is 10.2. The number of hydrogen-bond acceptors (Lipinski definition) is 5. The van der Waals surface area contributed by atoms with Gasteiger partial charge in [-0.25, -0.2) is 4.79 Å². The zero-order chi connectivity index (χ0) is 13.4. The Morgan fingerprint density at radius 3 is 3.06 bits per heavy atom.